The van der Waals surface area contributed by atoms with Gasteiger partial charge in [0.15, 0.2) is 0 Å². The molecule has 0 spiro atoms. The first-order valence-electron chi connectivity index (χ1n) is 31.1. The zero-order valence-corrected chi connectivity index (χ0v) is 53.3. The van der Waals surface area contributed by atoms with Gasteiger partial charge >= 0.3 is 0 Å². The fraction of sp³-hybridized carbons (Fsp3) is 0.238. The normalized spacial score (nSPS) is 12.8. The molecule has 0 saturated carbocycles. The van der Waals surface area contributed by atoms with Crippen molar-refractivity contribution in [3.63, 3.8) is 0 Å². The summed E-state index contributed by atoms with van der Waals surface area (Å²) in [5, 5.41) is 9.94. The topological polar surface area (TPSA) is 8.17 Å². The Morgan fingerprint density at radius 1 is 0.267 bits per heavy atom. The quantitative estimate of drug-likeness (QED) is 0.138. The van der Waals surface area contributed by atoms with Crippen LogP contribution in [0.1, 0.15) is 132 Å². The van der Waals surface area contributed by atoms with Crippen LogP contribution in [0.25, 0.3) is 104 Å². The molecule has 0 unspecified atom stereocenters. The summed E-state index contributed by atoms with van der Waals surface area (Å²) >= 11 is 0. The molecule has 0 radical (unpaired) electrons. The van der Waals surface area contributed by atoms with E-state index in [9.17, 15) is 0 Å². The molecule has 0 aliphatic rings. The zero-order valence-electron chi connectivity index (χ0n) is 53.3. The number of nitrogens with zero attached hydrogens (tertiary/aromatic N) is 2. The Hall–Kier alpha value is -8.72. The zero-order chi connectivity index (χ0) is 60.4. The Morgan fingerprint density at radius 3 is 1.22 bits per heavy atom. The molecule has 1 aromatic heterocycles. The third kappa shape index (κ3) is 10.2. The van der Waals surface area contributed by atoms with Crippen molar-refractivity contribution in [2.24, 2.45) is 0 Å². The summed E-state index contributed by atoms with van der Waals surface area (Å²) in [6.07, 6.45) is 0. The van der Waals surface area contributed by atoms with Crippen LogP contribution in [0.15, 0.2) is 224 Å². The molecule has 2 nitrogen and oxygen atoms in total. The second-order valence-corrected chi connectivity index (χ2v) is 29.6. The van der Waals surface area contributed by atoms with Crippen LogP contribution in [0.2, 0.25) is 0 Å². The molecule has 0 aliphatic carbocycles. The molecule has 13 rings (SSSR count). The maximum absolute atomic E-state index is 2.63. The van der Waals surface area contributed by atoms with Gasteiger partial charge in [-0.05, 0) is 176 Å². The molecule has 0 atom stereocenters. The van der Waals surface area contributed by atoms with Gasteiger partial charge in [-0.3, -0.25) is 0 Å². The van der Waals surface area contributed by atoms with Crippen LogP contribution < -0.4 is 4.90 Å². The van der Waals surface area contributed by atoms with E-state index in [4.69, 9.17) is 0 Å². The number of hydrogen-bond donors (Lipinski definition) is 0. The number of hydrogen-bond acceptors (Lipinski definition) is 1. The van der Waals surface area contributed by atoms with E-state index in [0.717, 1.165) is 17.1 Å². The first kappa shape index (κ1) is 56.4. The number of rotatable bonds is 8. The Balaban J connectivity index is 1.16. The second-order valence-electron chi connectivity index (χ2n) is 29.6. The molecule has 0 fully saturated rings. The Morgan fingerprint density at radius 2 is 0.686 bits per heavy atom. The SMILES string of the molecule is CC(C)(C)c1cc(-c2cc(-c3cc(C(C)(C)C)cc(C(C)(C)C)c3)cc(N(c3ccc(C(C)(C)C)cc3-c3cccc(-c4ccccc4)c3)c3ccc4ccc5c(-n6c7ccccc7c7ccccc76)ccc6ccc3c4c65)c2)cc(C(C)(C)C)c1. The van der Waals surface area contributed by atoms with E-state index in [2.05, 4.69) is 338 Å². The number of para-hydroxylation sites is 2. The number of anilines is 3. The fourth-order valence-electron chi connectivity index (χ4n) is 13.1. The number of fused-ring (bicyclic) bond motifs is 3. The molecular formula is C84H82N2. The average molecular weight is 1120 g/mol. The summed E-state index contributed by atoms with van der Waals surface area (Å²) in [5.41, 5.74) is 22.7. The van der Waals surface area contributed by atoms with Crippen molar-refractivity contribution < 1.29 is 0 Å². The van der Waals surface area contributed by atoms with Gasteiger partial charge in [-0.25, -0.2) is 0 Å². The van der Waals surface area contributed by atoms with Crippen molar-refractivity contribution in [1.82, 2.24) is 4.57 Å². The standard InChI is InChI=1S/C84H82N2/c1-80(2,3)62-36-41-77(72(52-62)57-27-23-26-56(42-57)53-24-17-16-18-25-53)85(75-39-34-54-33-38-71-76(40-35-55-32-37-70(75)78(54)79(55)71)86-73-30-21-19-28-68(73)69-29-20-22-31-74(69)86)67-48-58(60-44-63(81(4,5)6)50-64(45-60)82(7,8)9)43-59(49-67)61-46-65(83(10,11)12)51-66(47-61)84(13,14)15/h16-52H,1-15H3. The van der Waals surface area contributed by atoms with Crippen LogP contribution >= 0.6 is 0 Å². The average Bonchev–Trinajstić information content (AvgIpc) is 1.21. The Kier molecular flexibility index (Phi) is 13.4. The van der Waals surface area contributed by atoms with Crippen LogP contribution in [0.5, 0.6) is 0 Å². The minimum absolute atomic E-state index is 0.0771. The van der Waals surface area contributed by atoms with Gasteiger partial charge in [0.05, 0.1) is 28.1 Å². The van der Waals surface area contributed by atoms with E-state index in [1.54, 1.807) is 0 Å². The van der Waals surface area contributed by atoms with Gasteiger partial charge in [-0.1, -0.05) is 268 Å². The van der Waals surface area contributed by atoms with E-state index >= 15 is 0 Å². The molecule has 0 N–H and O–H groups in total. The van der Waals surface area contributed by atoms with Crippen molar-refractivity contribution >= 4 is 71.2 Å². The summed E-state index contributed by atoms with van der Waals surface area (Å²) in [7, 11) is 0. The number of benzene rings is 12. The highest BCUT2D eigenvalue weighted by Gasteiger charge is 2.29. The summed E-state index contributed by atoms with van der Waals surface area (Å²) < 4.78 is 2.49. The highest BCUT2D eigenvalue weighted by atomic mass is 15.1. The van der Waals surface area contributed by atoms with Crippen molar-refractivity contribution in [3.05, 3.63) is 252 Å². The maximum Gasteiger partial charge on any atom is 0.0541 e. The Labute approximate surface area is 511 Å². The van der Waals surface area contributed by atoms with Crippen LogP contribution in [-0.4, -0.2) is 4.57 Å². The predicted molar refractivity (Wildman–Crippen MR) is 374 cm³/mol. The molecule has 86 heavy (non-hydrogen) atoms. The van der Waals surface area contributed by atoms with E-state index in [1.807, 2.05) is 0 Å². The molecule has 2 heteroatoms. The molecular weight excluding hydrogens is 1040 g/mol. The van der Waals surface area contributed by atoms with Crippen LogP contribution in [-0.2, 0) is 27.1 Å². The maximum atomic E-state index is 2.63. The molecule has 13 aromatic rings. The van der Waals surface area contributed by atoms with Crippen molar-refractivity contribution in [2.45, 2.75) is 131 Å². The third-order valence-corrected chi connectivity index (χ3v) is 18.2. The first-order valence-corrected chi connectivity index (χ1v) is 31.1. The second kappa shape index (κ2) is 20.5. The molecule has 0 amide bonds. The van der Waals surface area contributed by atoms with E-state index < -0.39 is 0 Å². The number of aromatic nitrogens is 1. The monoisotopic (exact) mass is 1120 g/mol. The van der Waals surface area contributed by atoms with Gasteiger partial charge in [-0.15, -0.1) is 0 Å². The van der Waals surface area contributed by atoms with Gasteiger partial charge < -0.3 is 9.47 Å². The van der Waals surface area contributed by atoms with Crippen molar-refractivity contribution in [2.75, 3.05) is 4.90 Å². The van der Waals surface area contributed by atoms with E-state index in [-0.39, 0.29) is 27.1 Å². The van der Waals surface area contributed by atoms with Crippen LogP contribution in [0, 0.1) is 0 Å². The first-order chi connectivity index (χ1) is 40.8. The lowest BCUT2D eigenvalue weighted by Crippen LogP contribution is -2.17. The molecule has 428 valence electrons. The van der Waals surface area contributed by atoms with Crippen LogP contribution in [0.3, 0.4) is 0 Å². The third-order valence-electron chi connectivity index (χ3n) is 18.2. The van der Waals surface area contributed by atoms with E-state index in [1.165, 1.54) is 132 Å². The van der Waals surface area contributed by atoms with Gasteiger partial charge in [0.2, 0.25) is 0 Å². The lowest BCUT2D eigenvalue weighted by molar-refractivity contribution is 0.568. The molecule has 0 aliphatic heterocycles. The lowest BCUT2D eigenvalue weighted by Gasteiger charge is -2.32. The van der Waals surface area contributed by atoms with Gasteiger partial charge in [0, 0.05) is 32.8 Å². The highest BCUT2D eigenvalue weighted by molar-refractivity contribution is 6.28. The summed E-state index contributed by atoms with van der Waals surface area (Å²) in [6.45, 7) is 35.2. The summed E-state index contributed by atoms with van der Waals surface area (Å²) in [4.78, 5) is 2.63. The Bertz CT molecular complexity index is 4550. The van der Waals surface area contributed by atoms with Crippen molar-refractivity contribution in [3.8, 4) is 50.2 Å². The minimum atomic E-state index is -0.116. The van der Waals surface area contributed by atoms with E-state index in [0.29, 0.717) is 0 Å². The lowest BCUT2D eigenvalue weighted by atomic mass is 9.78. The van der Waals surface area contributed by atoms with Gasteiger partial charge in [0.25, 0.3) is 0 Å². The fourth-order valence-corrected chi connectivity index (χ4v) is 13.1. The summed E-state index contributed by atoms with van der Waals surface area (Å²) in [5.74, 6) is 0. The molecule has 12 aromatic carbocycles. The minimum Gasteiger partial charge on any atom is -0.309 e. The molecule has 1 heterocycles. The van der Waals surface area contributed by atoms with Crippen molar-refractivity contribution in [1.29, 1.82) is 0 Å². The largest absolute Gasteiger partial charge is 0.309 e. The van der Waals surface area contributed by atoms with Gasteiger partial charge in [-0.2, -0.15) is 0 Å². The molecule has 0 saturated heterocycles. The smallest absolute Gasteiger partial charge is 0.0541 e. The summed E-state index contributed by atoms with van der Waals surface area (Å²) in [6, 6.07) is 86.3. The van der Waals surface area contributed by atoms with Gasteiger partial charge in [0.1, 0.15) is 0 Å². The highest BCUT2D eigenvalue weighted by Crippen LogP contribution is 2.51. The predicted octanol–water partition coefficient (Wildman–Crippen LogP) is 24.3. The van der Waals surface area contributed by atoms with Crippen LogP contribution in [0.4, 0.5) is 17.1 Å². The molecule has 0 bridgehead atoms.